The summed E-state index contributed by atoms with van der Waals surface area (Å²) in [6.45, 7) is 0. The van der Waals surface area contributed by atoms with E-state index in [9.17, 15) is 10.5 Å². The van der Waals surface area contributed by atoms with Crippen LogP contribution in [0.3, 0.4) is 0 Å². The van der Waals surface area contributed by atoms with Gasteiger partial charge >= 0.3 is 0 Å². The van der Waals surface area contributed by atoms with E-state index in [2.05, 4.69) is 105 Å². The molecule has 4 nitrogen and oxygen atoms in total. The van der Waals surface area contributed by atoms with Crippen LogP contribution in [0.4, 0.5) is 0 Å². The monoisotopic (exact) mass is 614 g/mol. The van der Waals surface area contributed by atoms with Crippen molar-refractivity contribution in [2.45, 2.75) is 0 Å². The van der Waals surface area contributed by atoms with Crippen LogP contribution in [-0.2, 0) is 0 Å². The van der Waals surface area contributed by atoms with Gasteiger partial charge in [0.1, 0.15) is 10.9 Å². The van der Waals surface area contributed by atoms with E-state index in [1.807, 2.05) is 48.5 Å². The number of aromatic nitrogens is 2. The normalized spacial score (nSPS) is 11.8. The zero-order valence-corrected chi connectivity index (χ0v) is 25.7. The Morgan fingerprint density at radius 2 is 1.11 bits per heavy atom. The molecule has 216 valence electrons. The highest BCUT2D eigenvalue weighted by Gasteiger charge is 2.21. The van der Waals surface area contributed by atoms with Crippen LogP contribution >= 0.6 is 11.3 Å². The third-order valence-electron chi connectivity index (χ3n) is 9.61. The van der Waals surface area contributed by atoms with E-state index in [4.69, 9.17) is 0 Å². The summed E-state index contributed by atoms with van der Waals surface area (Å²) in [4.78, 5) is 1.27. The summed E-state index contributed by atoms with van der Waals surface area (Å²) in [6.07, 6.45) is 0. The number of nitriles is 2. The third-order valence-corrected chi connectivity index (χ3v) is 10.5. The number of rotatable bonds is 3. The summed E-state index contributed by atoms with van der Waals surface area (Å²) in [7, 11) is 0. The number of fused-ring (bicyclic) bond motifs is 9. The van der Waals surface area contributed by atoms with Gasteiger partial charge in [-0.1, -0.05) is 72.8 Å². The quantitative estimate of drug-likeness (QED) is 0.199. The number of hydrogen-bond acceptors (Lipinski definition) is 3. The molecule has 0 aliphatic carbocycles. The van der Waals surface area contributed by atoms with Crippen LogP contribution in [0, 0.1) is 22.7 Å². The second kappa shape index (κ2) is 9.55. The zero-order chi connectivity index (χ0) is 31.2. The van der Waals surface area contributed by atoms with Gasteiger partial charge in [0.05, 0.1) is 45.0 Å². The molecule has 0 saturated carbocycles. The van der Waals surface area contributed by atoms with Gasteiger partial charge in [0.25, 0.3) is 0 Å². The Bertz CT molecular complexity index is 2940. The first kappa shape index (κ1) is 25.9. The van der Waals surface area contributed by atoms with Gasteiger partial charge < -0.3 is 4.57 Å². The van der Waals surface area contributed by atoms with E-state index in [1.54, 1.807) is 11.3 Å². The maximum Gasteiger partial charge on any atom is 0.108 e. The van der Waals surface area contributed by atoms with E-state index in [-0.39, 0.29) is 0 Å². The van der Waals surface area contributed by atoms with Crippen LogP contribution in [0.5, 0.6) is 0 Å². The van der Waals surface area contributed by atoms with Gasteiger partial charge in [-0.3, -0.25) is 4.40 Å². The van der Waals surface area contributed by atoms with E-state index >= 15 is 0 Å². The van der Waals surface area contributed by atoms with Crippen LogP contribution in [0.1, 0.15) is 11.1 Å². The van der Waals surface area contributed by atoms with Crippen molar-refractivity contribution in [2.75, 3.05) is 0 Å². The first-order chi connectivity index (χ1) is 23.2. The topological polar surface area (TPSA) is 56.9 Å². The second-order valence-corrected chi connectivity index (χ2v) is 12.9. The van der Waals surface area contributed by atoms with Gasteiger partial charge in [0.2, 0.25) is 0 Å². The summed E-state index contributed by atoms with van der Waals surface area (Å²) < 4.78 is 4.51. The lowest BCUT2D eigenvalue weighted by molar-refractivity contribution is 1.16. The molecule has 0 amide bonds. The molecule has 0 aliphatic rings. The van der Waals surface area contributed by atoms with E-state index in [1.165, 1.54) is 37.4 Å². The van der Waals surface area contributed by atoms with Gasteiger partial charge in [-0.2, -0.15) is 10.5 Å². The zero-order valence-electron chi connectivity index (χ0n) is 24.9. The Kier molecular flexibility index (Phi) is 5.26. The highest BCUT2D eigenvalue weighted by Crippen LogP contribution is 2.44. The Hall–Kier alpha value is -6.40. The van der Waals surface area contributed by atoms with Gasteiger partial charge in [0, 0.05) is 37.9 Å². The Morgan fingerprint density at radius 1 is 0.489 bits per heavy atom. The predicted molar refractivity (Wildman–Crippen MR) is 194 cm³/mol. The standard InChI is InChI=1S/C42H22N4S/c43-23-28-22-40(45-37-13-4-1-10-30(37)31-11-2-5-14-38(31)45)29(24-44)21-34(28)26-9-7-8-25(18-26)27-19-35-32-12-3-6-15-39(32)46-41(35)36(20-27)33-16-17-47-42(33)46/h1-22H. The largest absolute Gasteiger partial charge is 0.308 e. The van der Waals surface area contributed by atoms with Crippen molar-refractivity contribution in [3.8, 4) is 40.1 Å². The summed E-state index contributed by atoms with van der Waals surface area (Å²) in [5, 5.41) is 30.3. The van der Waals surface area contributed by atoms with Crippen molar-refractivity contribution in [3.05, 3.63) is 144 Å². The SMILES string of the molecule is N#Cc1cc(-n2c3ccccc3c3ccccc32)c(C#N)cc1-c1cccc(-c2cc3c4ccccc4n4c5sccc5c(c2)c34)c1. The first-order valence-corrected chi connectivity index (χ1v) is 16.3. The number of nitrogens with zero attached hydrogens (tertiary/aromatic N) is 4. The molecular formula is C42H22N4S. The maximum atomic E-state index is 10.5. The van der Waals surface area contributed by atoms with E-state index in [0.29, 0.717) is 16.8 Å². The molecule has 0 N–H and O–H groups in total. The summed E-state index contributed by atoms with van der Waals surface area (Å²) >= 11 is 1.78. The van der Waals surface area contributed by atoms with E-state index in [0.717, 1.165) is 44.1 Å². The molecule has 0 bridgehead atoms. The first-order valence-electron chi connectivity index (χ1n) is 15.5. The van der Waals surface area contributed by atoms with Gasteiger partial charge in [-0.05, 0) is 76.7 Å². The molecule has 0 radical (unpaired) electrons. The van der Waals surface area contributed by atoms with Crippen LogP contribution in [0.15, 0.2) is 133 Å². The molecule has 0 aliphatic heterocycles. The van der Waals surface area contributed by atoms with Crippen molar-refractivity contribution in [1.29, 1.82) is 10.5 Å². The predicted octanol–water partition coefficient (Wildman–Crippen LogP) is 11.1. The van der Waals surface area contributed by atoms with Crippen LogP contribution in [0.25, 0.3) is 87.2 Å². The molecule has 0 spiro atoms. The van der Waals surface area contributed by atoms with Crippen molar-refractivity contribution < 1.29 is 0 Å². The smallest absolute Gasteiger partial charge is 0.108 e. The average molecular weight is 615 g/mol. The highest BCUT2D eigenvalue weighted by atomic mass is 32.1. The molecule has 4 aromatic heterocycles. The summed E-state index contributed by atoms with van der Waals surface area (Å²) in [5.74, 6) is 0. The summed E-state index contributed by atoms with van der Waals surface area (Å²) in [6, 6.07) is 48.9. The van der Waals surface area contributed by atoms with Gasteiger partial charge in [-0.25, -0.2) is 0 Å². The Morgan fingerprint density at radius 3 is 1.81 bits per heavy atom. The van der Waals surface area contributed by atoms with Gasteiger partial charge in [0.15, 0.2) is 0 Å². The Labute approximate surface area is 273 Å². The lowest BCUT2D eigenvalue weighted by Crippen LogP contribution is -2.00. The number of thiophene rings is 1. The minimum absolute atomic E-state index is 0.517. The fourth-order valence-corrected chi connectivity index (χ4v) is 8.54. The molecule has 0 unspecified atom stereocenters. The molecule has 0 atom stereocenters. The fourth-order valence-electron chi connectivity index (χ4n) is 7.60. The lowest BCUT2D eigenvalue weighted by Gasteiger charge is -2.14. The van der Waals surface area contributed by atoms with Gasteiger partial charge in [-0.15, -0.1) is 11.3 Å². The van der Waals surface area contributed by atoms with Crippen LogP contribution in [0.2, 0.25) is 0 Å². The van der Waals surface area contributed by atoms with E-state index < -0.39 is 0 Å². The minimum Gasteiger partial charge on any atom is -0.308 e. The fraction of sp³-hybridized carbons (Fsp3) is 0. The minimum atomic E-state index is 0.517. The molecule has 10 rings (SSSR count). The van der Waals surface area contributed by atoms with Crippen molar-refractivity contribution >= 4 is 70.6 Å². The Balaban J connectivity index is 1.18. The molecule has 10 aromatic rings. The van der Waals surface area contributed by atoms with Crippen molar-refractivity contribution in [3.63, 3.8) is 0 Å². The maximum absolute atomic E-state index is 10.5. The van der Waals surface area contributed by atoms with Crippen LogP contribution in [-0.4, -0.2) is 8.97 Å². The number of benzene rings is 6. The molecule has 47 heavy (non-hydrogen) atoms. The molecule has 4 heterocycles. The van der Waals surface area contributed by atoms with Crippen molar-refractivity contribution in [1.82, 2.24) is 8.97 Å². The van der Waals surface area contributed by atoms with Crippen LogP contribution < -0.4 is 0 Å². The molecule has 5 heteroatoms. The third kappa shape index (κ3) is 3.49. The lowest BCUT2D eigenvalue weighted by atomic mass is 9.93. The van der Waals surface area contributed by atoms with Crippen molar-refractivity contribution in [2.24, 2.45) is 0 Å². The highest BCUT2D eigenvalue weighted by molar-refractivity contribution is 7.17. The number of para-hydroxylation sites is 3. The molecule has 0 fully saturated rings. The average Bonchev–Trinajstić information content (AvgIpc) is 3.89. The molecular weight excluding hydrogens is 593 g/mol. The second-order valence-electron chi connectivity index (χ2n) is 12.0. The summed E-state index contributed by atoms with van der Waals surface area (Å²) in [5.41, 5.74) is 10.1. The molecule has 0 saturated heterocycles. The molecule has 6 aromatic carbocycles. The number of hydrogen-bond donors (Lipinski definition) is 0.